The fourth-order valence-electron chi connectivity index (χ4n) is 2.17. The second-order valence-corrected chi connectivity index (χ2v) is 6.62. The van der Waals surface area contributed by atoms with Crippen molar-refractivity contribution in [2.75, 3.05) is 0 Å². The first kappa shape index (κ1) is 18.5. The van der Waals surface area contributed by atoms with E-state index >= 15 is 0 Å². The van der Waals surface area contributed by atoms with Crippen molar-refractivity contribution >= 4 is 12.1 Å². The largest absolute Gasteiger partial charge is 0.444 e. The third-order valence-electron chi connectivity index (χ3n) is 3.22. The number of ether oxygens (including phenoxy) is 2. The van der Waals surface area contributed by atoms with E-state index in [-0.39, 0.29) is 0 Å². The number of benzene rings is 2. The fraction of sp³-hybridized carbons (Fsp3) is 0.300. The SMILES string of the molecule is CC(C)(C)OC(=O)NC(Cc1ccccc1)C(=O)Oc1ccccc1. The van der Waals surface area contributed by atoms with Gasteiger partial charge in [-0.3, -0.25) is 0 Å². The summed E-state index contributed by atoms with van der Waals surface area (Å²) in [6.45, 7) is 5.29. The molecule has 1 unspecified atom stereocenters. The van der Waals surface area contributed by atoms with E-state index in [9.17, 15) is 9.59 Å². The molecular formula is C20H23NO4. The average molecular weight is 341 g/mol. The van der Waals surface area contributed by atoms with Crippen molar-refractivity contribution in [2.24, 2.45) is 0 Å². The summed E-state index contributed by atoms with van der Waals surface area (Å²) < 4.78 is 10.6. The third kappa shape index (κ3) is 6.67. The van der Waals surface area contributed by atoms with Gasteiger partial charge in [-0.2, -0.15) is 0 Å². The molecular weight excluding hydrogens is 318 g/mol. The number of hydrogen-bond acceptors (Lipinski definition) is 4. The van der Waals surface area contributed by atoms with Crippen LogP contribution in [-0.4, -0.2) is 23.7 Å². The number of rotatable bonds is 5. The van der Waals surface area contributed by atoms with Crippen LogP contribution < -0.4 is 10.1 Å². The molecule has 5 nitrogen and oxygen atoms in total. The highest BCUT2D eigenvalue weighted by Gasteiger charge is 2.26. The molecule has 0 radical (unpaired) electrons. The van der Waals surface area contributed by atoms with Crippen molar-refractivity contribution in [1.29, 1.82) is 0 Å². The topological polar surface area (TPSA) is 64.6 Å². The highest BCUT2D eigenvalue weighted by atomic mass is 16.6. The quantitative estimate of drug-likeness (QED) is 0.665. The average Bonchev–Trinajstić information content (AvgIpc) is 2.54. The molecule has 0 saturated carbocycles. The second kappa shape index (κ2) is 8.33. The molecule has 5 heteroatoms. The lowest BCUT2D eigenvalue weighted by molar-refractivity contribution is -0.136. The van der Waals surface area contributed by atoms with E-state index in [2.05, 4.69) is 5.32 Å². The molecule has 0 saturated heterocycles. The minimum Gasteiger partial charge on any atom is -0.444 e. The van der Waals surface area contributed by atoms with Crippen LogP contribution in [-0.2, 0) is 16.0 Å². The molecule has 0 aromatic heterocycles. The van der Waals surface area contributed by atoms with E-state index in [1.807, 2.05) is 36.4 Å². The summed E-state index contributed by atoms with van der Waals surface area (Å²) in [6, 6.07) is 17.3. The van der Waals surface area contributed by atoms with Gasteiger partial charge in [0.15, 0.2) is 0 Å². The Morgan fingerprint density at radius 2 is 1.52 bits per heavy atom. The number of amides is 1. The van der Waals surface area contributed by atoms with Gasteiger partial charge in [0.25, 0.3) is 0 Å². The molecule has 2 aromatic carbocycles. The van der Waals surface area contributed by atoms with Gasteiger partial charge in [-0.1, -0.05) is 48.5 Å². The Morgan fingerprint density at radius 3 is 2.08 bits per heavy atom. The van der Waals surface area contributed by atoms with E-state index in [4.69, 9.17) is 9.47 Å². The molecule has 132 valence electrons. The number of hydrogen-bond donors (Lipinski definition) is 1. The Bertz CT molecular complexity index is 693. The zero-order chi connectivity index (χ0) is 18.3. The lowest BCUT2D eigenvalue weighted by atomic mass is 10.1. The Balaban J connectivity index is 2.10. The van der Waals surface area contributed by atoms with Crippen LogP contribution in [0, 0.1) is 0 Å². The van der Waals surface area contributed by atoms with Crippen molar-refractivity contribution in [3.8, 4) is 5.75 Å². The molecule has 0 fully saturated rings. The number of esters is 1. The first-order valence-electron chi connectivity index (χ1n) is 8.14. The minimum atomic E-state index is -0.850. The predicted octanol–water partition coefficient (Wildman–Crippen LogP) is 3.73. The summed E-state index contributed by atoms with van der Waals surface area (Å²) in [6.07, 6.45) is -0.343. The molecule has 0 spiro atoms. The fourth-order valence-corrected chi connectivity index (χ4v) is 2.17. The van der Waals surface area contributed by atoms with E-state index in [0.29, 0.717) is 12.2 Å². The number of alkyl carbamates (subject to hydrolysis) is 1. The molecule has 0 aliphatic rings. The van der Waals surface area contributed by atoms with E-state index in [1.165, 1.54) is 0 Å². The van der Waals surface area contributed by atoms with Gasteiger partial charge in [0, 0.05) is 6.42 Å². The number of carbonyl (C=O) groups excluding carboxylic acids is 2. The van der Waals surface area contributed by atoms with Crippen LogP contribution in [0.15, 0.2) is 60.7 Å². The monoisotopic (exact) mass is 341 g/mol. The highest BCUT2D eigenvalue weighted by molar-refractivity contribution is 5.83. The van der Waals surface area contributed by atoms with Crippen LogP contribution in [0.1, 0.15) is 26.3 Å². The third-order valence-corrected chi connectivity index (χ3v) is 3.22. The normalized spacial score (nSPS) is 12.1. The standard InChI is InChI=1S/C20H23NO4/c1-20(2,3)25-19(23)21-17(14-15-10-6-4-7-11-15)18(22)24-16-12-8-5-9-13-16/h4-13,17H,14H2,1-3H3,(H,21,23). The summed E-state index contributed by atoms with van der Waals surface area (Å²) >= 11 is 0. The molecule has 0 aliphatic carbocycles. The first-order chi connectivity index (χ1) is 11.8. The first-order valence-corrected chi connectivity index (χ1v) is 8.14. The van der Waals surface area contributed by atoms with Gasteiger partial charge in [-0.15, -0.1) is 0 Å². The maximum absolute atomic E-state index is 12.5. The predicted molar refractivity (Wildman–Crippen MR) is 95.4 cm³/mol. The molecule has 2 rings (SSSR count). The van der Waals surface area contributed by atoms with E-state index in [1.54, 1.807) is 45.0 Å². The highest BCUT2D eigenvalue weighted by Crippen LogP contribution is 2.13. The molecule has 1 atom stereocenters. The van der Waals surface area contributed by atoms with Crippen LogP contribution in [0.4, 0.5) is 4.79 Å². The van der Waals surface area contributed by atoms with Crippen molar-refractivity contribution < 1.29 is 19.1 Å². The zero-order valence-corrected chi connectivity index (χ0v) is 14.7. The number of carbonyl (C=O) groups is 2. The molecule has 0 heterocycles. The van der Waals surface area contributed by atoms with Gasteiger partial charge in [0.05, 0.1) is 0 Å². The summed E-state index contributed by atoms with van der Waals surface area (Å²) in [5, 5.41) is 2.61. The lowest BCUT2D eigenvalue weighted by Crippen LogP contribution is -2.46. The molecule has 1 amide bonds. The van der Waals surface area contributed by atoms with Crippen LogP contribution >= 0.6 is 0 Å². The zero-order valence-electron chi connectivity index (χ0n) is 14.7. The minimum absolute atomic E-state index is 0.311. The Hall–Kier alpha value is -2.82. The molecule has 25 heavy (non-hydrogen) atoms. The molecule has 1 N–H and O–H groups in total. The van der Waals surface area contributed by atoms with Gasteiger partial charge >= 0.3 is 12.1 Å². The summed E-state index contributed by atoms with van der Waals surface area (Å²) in [4.78, 5) is 24.6. The molecule has 2 aromatic rings. The smallest absolute Gasteiger partial charge is 0.408 e. The maximum Gasteiger partial charge on any atom is 0.408 e. The summed E-state index contributed by atoms with van der Waals surface area (Å²) in [5.41, 5.74) is 0.263. The second-order valence-electron chi connectivity index (χ2n) is 6.62. The van der Waals surface area contributed by atoms with Gasteiger partial charge in [-0.25, -0.2) is 9.59 Å². The van der Waals surface area contributed by atoms with Crippen LogP contribution in [0.5, 0.6) is 5.75 Å². The Morgan fingerprint density at radius 1 is 0.960 bits per heavy atom. The van der Waals surface area contributed by atoms with Crippen molar-refractivity contribution in [2.45, 2.75) is 38.8 Å². The van der Waals surface area contributed by atoms with Gasteiger partial charge in [-0.05, 0) is 38.5 Å². The van der Waals surface area contributed by atoms with Crippen LogP contribution in [0.2, 0.25) is 0 Å². The van der Waals surface area contributed by atoms with Gasteiger partial charge < -0.3 is 14.8 Å². The van der Waals surface area contributed by atoms with Gasteiger partial charge in [0.2, 0.25) is 0 Å². The van der Waals surface area contributed by atoms with Crippen molar-refractivity contribution in [3.05, 3.63) is 66.2 Å². The molecule has 0 aliphatic heterocycles. The Labute approximate surface area is 148 Å². The number of nitrogens with one attached hydrogen (secondary N) is 1. The van der Waals surface area contributed by atoms with Crippen LogP contribution in [0.3, 0.4) is 0 Å². The van der Waals surface area contributed by atoms with E-state index in [0.717, 1.165) is 5.56 Å². The van der Waals surface area contributed by atoms with Gasteiger partial charge in [0.1, 0.15) is 17.4 Å². The molecule has 0 bridgehead atoms. The van der Waals surface area contributed by atoms with E-state index < -0.39 is 23.7 Å². The summed E-state index contributed by atoms with van der Waals surface area (Å²) in [7, 11) is 0. The Kier molecular flexibility index (Phi) is 6.17. The van der Waals surface area contributed by atoms with Crippen molar-refractivity contribution in [1.82, 2.24) is 5.32 Å². The maximum atomic E-state index is 12.5. The summed E-state index contributed by atoms with van der Waals surface area (Å²) in [5.74, 6) is -0.113. The number of para-hydroxylation sites is 1. The van der Waals surface area contributed by atoms with Crippen molar-refractivity contribution in [3.63, 3.8) is 0 Å². The lowest BCUT2D eigenvalue weighted by Gasteiger charge is -2.23. The van der Waals surface area contributed by atoms with Crippen LogP contribution in [0.25, 0.3) is 0 Å².